The Balaban J connectivity index is 2.09. The van der Waals surface area contributed by atoms with Gasteiger partial charge in [-0.05, 0) is 38.0 Å². The summed E-state index contributed by atoms with van der Waals surface area (Å²) in [6.45, 7) is 6.14. The largest absolute Gasteiger partial charge is 0.339 e. The van der Waals surface area contributed by atoms with Crippen LogP contribution in [0.5, 0.6) is 0 Å². The van der Waals surface area contributed by atoms with Gasteiger partial charge in [0.1, 0.15) is 12.1 Å². The van der Waals surface area contributed by atoms with Gasteiger partial charge in [-0.3, -0.25) is 10.1 Å². The van der Waals surface area contributed by atoms with E-state index in [-0.39, 0.29) is 5.69 Å². The lowest BCUT2D eigenvalue weighted by atomic mass is 10.0. The van der Waals surface area contributed by atoms with Crippen molar-refractivity contribution >= 4 is 28.1 Å². The molecule has 0 aliphatic heterocycles. The van der Waals surface area contributed by atoms with Crippen molar-refractivity contribution in [2.75, 3.05) is 5.32 Å². The fraction of sp³-hybridized carbons (Fsp3) is 0.176. The third-order valence-corrected chi connectivity index (χ3v) is 3.75. The highest BCUT2D eigenvalue weighted by atomic mass is 16.6. The highest BCUT2D eigenvalue weighted by Gasteiger charge is 2.12. The van der Waals surface area contributed by atoms with Crippen LogP contribution < -0.4 is 5.32 Å². The number of hydrogen-bond donors (Lipinski definition) is 1. The van der Waals surface area contributed by atoms with Crippen molar-refractivity contribution in [3.63, 3.8) is 0 Å². The van der Waals surface area contributed by atoms with Crippen LogP contribution >= 0.6 is 0 Å². The molecular weight excluding hydrogens is 292 g/mol. The fourth-order valence-electron chi connectivity index (χ4n) is 2.75. The number of nitrogens with zero attached hydrogens (tertiary/aromatic N) is 3. The average molecular weight is 308 g/mol. The van der Waals surface area contributed by atoms with Crippen LogP contribution in [0.4, 0.5) is 17.2 Å². The number of anilines is 2. The van der Waals surface area contributed by atoms with Gasteiger partial charge in [-0.25, -0.2) is 9.97 Å². The van der Waals surface area contributed by atoms with E-state index in [1.54, 1.807) is 6.07 Å². The Morgan fingerprint density at radius 2 is 1.74 bits per heavy atom. The van der Waals surface area contributed by atoms with E-state index in [1.165, 1.54) is 24.0 Å². The summed E-state index contributed by atoms with van der Waals surface area (Å²) < 4.78 is 0. The van der Waals surface area contributed by atoms with Crippen molar-refractivity contribution in [2.24, 2.45) is 0 Å². The monoisotopic (exact) mass is 308 g/mol. The molecule has 0 fully saturated rings. The van der Waals surface area contributed by atoms with Crippen LogP contribution in [0.15, 0.2) is 36.7 Å². The number of aryl methyl sites for hydroxylation is 3. The van der Waals surface area contributed by atoms with E-state index in [9.17, 15) is 10.1 Å². The van der Waals surface area contributed by atoms with Gasteiger partial charge < -0.3 is 5.32 Å². The zero-order valence-corrected chi connectivity index (χ0v) is 13.1. The van der Waals surface area contributed by atoms with Crippen molar-refractivity contribution in [1.29, 1.82) is 0 Å². The molecule has 0 radical (unpaired) electrons. The van der Waals surface area contributed by atoms with E-state index >= 15 is 0 Å². The van der Waals surface area contributed by atoms with Crippen molar-refractivity contribution in [3.05, 3.63) is 63.5 Å². The van der Waals surface area contributed by atoms with Gasteiger partial charge in [-0.1, -0.05) is 17.7 Å². The Morgan fingerprint density at radius 1 is 1.04 bits per heavy atom. The summed E-state index contributed by atoms with van der Waals surface area (Å²) in [7, 11) is 0. The van der Waals surface area contributed by atoms with Crippen molar-refractivity contribution in [2.45, 2.75) is 20.8 Å². The molecule has 116 valence electrons. The van der Waals surface area contributed by atoms with Gasteiger partial charge >= 0.3 is 0 Å². The van der Waals surface area contributed by atoms with Gasteiger partial charge in [0.25, 0.3) is 5.69 Å². The zero-order valence-electron chi connectivity index (χ0n) is 13.1. The van der Waals surface area contributed by atoms with Gasteiger partial charge in [-0.15, -0.1) is 0 Å². The predicted molar refractivity (Wildman–Crippen MR) is 90.1 cm³/mol. The minimum atomic E-state index is -0.428. The van der Waals surface area contributed by atoms with E-state index < -0.39 is 4.92 Å². The van der Waals surface area contributed by atoms with Gasteiger partial charge in [0, 0.05) is 23.2 Å². The molecule has 1 aromatic heterocycles. The van der Waals surface area contributed by atoms with E-state index in [0.717, 1.165) is 22.2 Å². The first-order valence-corrected chi connectivity index (χ1v) is 7.20. The highest BCUT2D eigenvalue weighted by Crippen LogP contribution is 2.29. The quantitative estimate of drug-likeness (QED) is 0.579. The standard InChI is InChI=1S/C17H16N4O2/c1-10-6-11(2)16(12(3)7-10)20-17-14-5-4-13(21(22)23)8-15(14)18-9-19-17/h4-9H,1-3H3,(H,18,19,20). The molecular formula is C17H16N4O2. The average Bonchev–Trinajstić information content (AvgIpc) is 2.50. The van der Waals surface area contributed by atoms with Crippen LogP contribution in [-0.2, 0) is 0 Å². The molecule has 3 rings (SSSR count). The van der Waals surface area contributed by atoms with Crippen LogP contribution in [0.25, 0.3) is 10.9 Å². The topological polar surface area (TPSA) is 81.0 Å². The number of nitro benzene ring substituents is 1. The zero-order chi connectivity index (χ0) is 16.6. The molecule has 0 unspecified atom stereocenters. The Labute approximate surface area is 133 Å². The molecule has 0 atom stereocenters. The number of fused-ring (bicyclic) bond motifs is 1. The molecule has 0 saturated carbocycles. The number of rotatable bonds is 3. The van der Waals surface area contributed by atoms with Gasteiger partial charge in [0.2, 0.25) is 0 Å². The first kappa shape index (κ1) is 14.9. The number of nitro groups is 1. The molecule has 6 heteroatoms. The molecule has 2 aromatic carbocycles. The molecule has 1 N–H and O–H groups in total. The molecule has 1 heterocycles. The second-order valence-corrected chi connectivity index (χ2v) is 5.58. The van der Waals surface area contributed by atoms with Crippen LogP contribution in [0.2, 0.25) is 0 Å². The molecule has 0 saturated heterocycles. The first-order chi connectivity index (χ1) is 11.0. The number of non-ortho nitro benzene ring substituents is 1. The van der Waals surface area contributed by atoms with Crippen LogP contribution in [0.1, 0.15) is 16.7 Å². The maximum atomic E-state index is 10.9. The molecule has 23 heavy (non-hydrogen) atoms. The van der Waals surface area contributed by atoms with Crippen molar-refractivity contribution < 1.29 is 4.92 Å². The Hall–Kier alpha value is -3.02. The maximum Gasteiger partial charge on any atom is 0.271 e. The van der Waals surface area contributed by atoms with Gasteiger partial charge in [0.15, 0.2) is 0 Å². The molecule has 6 nitrogen and oxygen atoms in total. The summed E-state index contributed by atoms with van der Waals surface area (Å²) in [6.07, 6.45) is 1.41. The van der Waals surface area contributed by atoms with Crippen molar-refractivity contribution in [3.8, 4) is 0 Å². The summed E-state index contributed by atoms with van der Waals surface area (Å²) in [5.74, 6) is 0.639. The summed E-state index contributed by atoms with van der Waals surface area (Å²) in [6, 6.07) is 8.80. The maximum absolute atomic E-state index is 10.9. The van der Waals surface area contributed by atoms with Gasteiger partial charge in [0.05, 0.1) is 10.4 Å². The number of benzene rings is 2. The number of aromatic nitrogens is 2. The van der Waals surface area contributed by atoms with E-state index in [4.69, 9.17) is 0 Å². The molecule has 0 aliphatic rings. The smallest absolute Gasteiger partial charge is 0.271 e. The SMILES string of the molecule is Cc1cc(C)c(Nc2ncnc3cc([N+](=O)[O-])ccc23)c(C)c1. The normalized spacial score (nSPS) is 10.7. The van der Waals surface area contributed by atoms with Crippen LogP contribution in [-0.4, -0.2) is 14.9 Å². The Morgan fingerprint density at radius 3 is 2.39 bits per heavy atom. The highest BCUT2D eigenvalue weighted by molar-refractivity contribution is 5.92. The van der Waals surface area contributed by atoms with Crippen LogP contribution in [0, 0.1) is 30.9 Å². The summed E-state index contributed by atoms with van der Waals surface area (Å²) in [5, 5.41) is 15.0. The number of nitrogens with one attached hydrogen (secondary N) is 1. The molecule has 0 spiro atoms. The lowest BCUT2D eigenvalue weighted by Gasteiger charge is -2.14. The minimum Gasteiger partial charge on any atom is -0.339 e. The first-order valence-electron chi connectivity index (χ1n) is 7.20. The third-order valence-electron chi connectivity index (χ3n) is 3.75. The minimum absolute atomic E-state index is 0.0184. The Bertz CT molecular complexity index is 899. The predicted octanol–water partition coefficient (Wildman–Crippen LogP) is 4.21. The fourth-order valence-corrected chi connectivity index (χ4v) is 2.75. The summed E-state index contributed by atoms with van der Waals surface area (Å²) in [5.41, 5.74) is 5.00. The summed E-state index contributed by atoms with van der Waals surface area (Å²) >= 11 is 0. The Kier molecular flexibility index (Phi) is 3.65. The van der Waals surface area contributed by atoms with Gasteiger partial charge in [-0.2, -0.15) is 0 Å². The third kappa shape index (κ3) is 2.83. The van der Waals surface area contributed by atoms with Crippen LogP contribution in [0.3, 0.4) is 0 Å². The second-order valence-electron chi connectivity index (χ2n) is 5.58. The lowest BCUT2D eigenvalue weighted by molar-refractivity contribution is -0.384. The second kappa shape index (κ2) is 5.64. The molecule has 0 amide bonds. The lowest BCUT2D eigenvalue weighted by Crippen LogP contribution is -2.00. The number of hydrogen-bond acceptors (Lipinski definition) is 5. The van der Waals surface area contributed by atoms with E-state index in [1.807, 2.05) is 13.8 Å². The molecule has 3 aromatic rings. The summed E-state index contributed by atoms with van der Waals surface area (Å²) in [4.78, 5) is 18.9. The van der Waals surface area contributed by atoms with E-state index in [2.05, 4.69) is 34.3 Å². The molecule has 0 aliphatic carbocycles. The van der Waals surface area contributed by atoms with Crippen molar-refractivity contribution in [1.82, 2.24) is 9.97 Å². The molecule has 0 bridgehead atoms. The van der Waals surface area contributed by atoms with E-state index in [0.29, 0.717) is 11.3 Å².